The predicted molar refractivity (Wildman–Crippen MR) is 38.3 cm³/mol. The first-order valence-electron chi connectivity index (χ1n) is 2.80. The van der Waals surface area contributed by atoms with E-state index in [0.29, 0.717) is 6.42 Å². The quantitative estimate of drug-likeness (QED) is 0.378. The third-order valence-corrected chi connectivity index (χ3v) is 1.03. The van der Waals surface area contributed by atoms with Crippen molar-refractivity contribution >= 4 is 17.6 Å². The minimum absolute atomic E-state index is 0.151. The molecule has 0 heterocycles. The molecule has 10 heavy (non-hydrogen) atoms. The summed E-state index contributed by atoms with van der Waals surface area (Å²) in [6, 6.07) is 0. The zero-order valence-electron chi connectivity index (χ0n) is 5.54. The molecular weight excluding hydrogens is 156 g/mol. The van der Waals surface area contributed by atoms with Gasteiger partial charge in [-0.1, -0.05) is 0 Å². The number of hydrogen-bond acceptors (Lipinski definition) is 2. The van der Waals surface area contributed by atoms with E-state index in [2.05, 4.69) is 0 Å². The average molecular weight is 165 g/mol. The second-order valence-electron chi connectivity index (χ2n) is 1.91. The Balaban J connectivity index is 3.81. The molecule has 0 saturated carbocycles. The number of aliphatic carboxylic acids is 1. The maximum atomic E-state index is 9.95. The Hall–Kier alpha value is -0.700. The van der Waals surface area contributed by atoms with Crippen molar-refractivity contribution in [2.45, 2.75) is 18.7 Å². The monoisotopic (exact) mass is 164 g/mol. The van der Waals surface area contributed by atoms with Crippen LogP contribution < -0.4 is 0 Å². The van der Waals surface area contributed by atoms with Gasteiger partial charge in [0.05, 0.1) is 0 Å². The predicted octanol–water partition coefficient (Wildman–Crippen LogP) is 1.53. The number of rotatable bonds is 3. The first kappa shape index (κ1) is 9.30. The van der Waals surface area contributed by atoms with E-state index >= 15 is 0 Å². The summed E-state index contributed by atoms with van der Waals surface area (Å²) in [5.74, 6) is -1.97. The van der Waals surface area contributed by atoms with Crippen molar-refractivity contribution in [3.63, 3.8) is 0 Å². The molecule has 0 aromatic rings. The van der Waals surface area contributed by atoms with E-state index < -0.39 is 11.7 Å². The number of aliphatic hydroxyl groups is 1. The van der Waals surface area contributed by atoms with Gasteiger partial charge < -0.3 is 10.2 Å². The van der Waals surface area contributed by atoms with Crippen LogP contribution in [0, 0.1) is 0 Å². The van der Waals surface area contributed by atoms with Gasteiger partial charge in [0.2, 0.25) is 0 Å². The van der Waals surface area contributed by atoms with Gasteiger partial charge in [0.15, 0.2) is 5.76 Å². The van der Waals surface area contributed by atoms with Crippen LogP contribution in [0.4, 0.5) is 0 Å². The number of carboxylic acid groups (broad SMARTS) is 1. The van der Waals surface area contributed by atoms with Crippen LogP contribution in [0.25, 0.3) is 0 Å². The molecule has 0 aliphatic heterocycles. The van der Waals surface area contributed by atoms with Crippen molar-refractivity contribution < 1.29 is 15.0 Å². The topological polar surface area (TPSA) is 57.5 Å². The van der Waals surface area contributed by atoms with Gasteiger partial charge in [-0.3, -0.25) is 0 Å². The number of carbonyl (C=O) groups is 1. The molecule has 4 heteroatoms. The number of hydrogen-bond donors (Lipinski definition) is 2. The summed E-state index contributed by atoms with van der Waals surface area (Å²) < 4.78 is 0. The van der Waals surface area contributed by atoms with E-state index in [-0.39, 0.29) is 5.38 Å². The van der Waals surface area contributed by atoms with E-state index in [1.165, 1.54) is 6.08 Å². The molecule has 0 saturated heterocycles. The van der Waals surface area contributed by atoms with Crippen molar-refractivity contribution in [1.29, 1.82) is 0 Å². The van der Waals surface area contributed by atoms with Crippen molar-refractivity contribution in [2.75, 3.05) is 0 Å². The Morgan fingerprint density at radius 1 is 1.70 bits per heavy atom. The standard InChI is InChI=1S/C6H9ClO3/c1-4(7)2-3-5(8)6(9)10/h3-4,8H,2H2,1H3,(H,9,10)/b5-3-. The molecular formula is C6H9ClO3. The Morgan fingerprint density at radius 2 is 2.20 bits per heavy atom. The average Bonchev–Trinajstić information content (AvgIpc) is 1.82. The maximum absolute atomic E-state index is 9.95. The molecule has 3 nitrogen and oxygen atoms in total. The third-order valence-electron chi connectivity index (χ3n) is 0.855. The Kier molecular flexibility index (Phi) is 3.88. The Labute approximate surface area is 63.9 Å². The third kappa shape index (κ3) is 4.21. The maximum Gasteiger partial charge on any atom is 0.370 e. The van der Waals surface area contributed by atoms with Crippen LogP contribution in [0.5, 0.6) is 0 Å². The highest BCUT2D eigenvalue weighted by Crippen LogP contribution is 2.02. The summed E-state index contributed by atoms with van der Waals surface area (Å²) in [6.45, 7) is 1.72. The molecule has 0 amide bonds. The lowest BCUT2D eigenvalue weighted by molar-refractivity contribution is -0.135. The van der Waals surface area contributed by atoms with E-state index in [0.717, 1.165) is 0 Å². The van der Waals surface area contributed by atoms with Gasteiger partial charge in [-0.2, -0.15) is 0 Å². The smallest absolute Gasteiger partial charge is 0.370 e. The second-order valence-corrected chi connectivity index (χ2v) is 2.66. The van der Waals surface area contributed by atoms with Gasteiger partial charge in [-0.05, 0) is 19.4 Å². The van der Waals surface area contributed by atoms with Crippen LogP contribution in [0.2, 0.25) is 0 Å². The van der Waals surface area contributed by atoms with Gasteiger partial charge in [0.25, 0.3) is 0 Å². The van der Waals surface area contributed by atoms with Crippen molar-refractivity contribution in [2.24, 2.45) is 0 Å². The van der Waals surface area contributed by atoms with Gasteiger partial charge in [0, 0.05) is 5.38 Å². The molecule has 0 radical (unpaired) electrons. The summed E-state index contributed by atoms with van der Waals surface area (Å²) in [5, 5.41) is 16.6. The molecule has 0 spiro atoms. The number of aliphatic hydroxyl groups excluding tert-OH is 1. The SMILES string of the molecule is CC(Cl)C/C=C(\O)C(=O)O. The largest absolute Gasteiger partial charge is 0.502 e. The molecule has 58 valence electrons. The van der Waals surface area contributed by atoms with E-state index in [1.54, 1.807) is 6.92 Å². The molecule has 0 aliphatic carbocycles. The van der Waals surface area contributed by atoms with Crippen LogP contribution in [0.1, 0.15) is 13.3 Å². The summed E-state index contributed by atoms with van der Waals surface area (Å²) in [7, 11) is 0. The molecule has 1 unspecified atom stereocenters. The summed E-state index contributed by atoms with van der Waals surface area (Å²) in [5.41, 5.74) is 0. The molecule has 0 bridgehead atoms. The fraction of sp³-hybridized carbons (Fsp3) is 0.500. The van der Waals surface area contributed by atoms with E-state index in [9.17, 15) is 4.79 Å². The zero-order chi connectivity index (χ0) is 8.15. The number of carboxylic acids is 1. The molecule has 0 aromatic carbocycles. The van der Waals surface area contributed by atoms with E-state index in [4.69, 9.17) is 21.8 Å². The molecule has 0 aromatic heterocycles. The summed E-state index contributed by atoms with van der Waals surface area (Å²) in [4.78, 5) is 9.95. The van der Waals surface area contributed by atoms with Crippen molar-refractivity contribution in [3.8, 4) is 0 Å². The highest BCUT2D eigenvalue weighted by Gasteiger charge is 2.02. The number of alkyl halides is 1. The van der Waals surface area contributed by atoms with Gasteiger partial charge in [0.1, 0.15) is 0 Å². The normalized spacial score (nSPS) is 14.8. The highest BCUT2D eigenvalue weighted by atomic mass is 35.5. The lowest BCUT2D eigenvalue weighted by atomic mass is 10.3. The first-order valence-corrected chi connectivity index (χ1v) is 3.24. The Bertz CT molecular complexity index is 151. The fourth-order valence-corrected chi connectivity index (χ4v) is 0.450. The lowest BCUT2D eigenvalue weighted by Gasteiger charge is -1.95. The second kappa shape index (κ2) is 4.17. The Morgan fingerprint density at radius 3 is 2.50 bits per heavy atom. The molecule has 0 aliphatic rings. The number of halogens is 1. The highest BCUT2D eigenvalue weighted by molar-refractivity contribution is 6.20. The van der Waals surface area contributed by atoms with Crippen molar-refractivity contribution in [3.05, 3.63) is 11.8 Å². The summed E-state index contributed by atoms with van der Waals surface area (Å²) in [6.07, 6.45) is 1.54. The van der Waals surface area contributed by atoms with Crippen LogP contribution in [0.15, 0.2) is 11.8 Å². The minimum Gasteiger partial charge on any atom is -0.502 e. The first-order chi connectivity index (χ1) is 4.54. The van der Waals surface area contributed by atoms with Crippen LogP contribution in [-0.4, -0.2) is 21.6 Å². The van der Waals surface area contributed by atoms with Gasteiger partial charge >= 0.3 is 5.97 Å². The van der Waals surface area contributed by atoms with Crippen molar-refractivity contribution in [1.82, 2.24) is 0 Å². The van der Waals surface area contributed by atoms with Gasteiger partial charge in [-0.15, -0.1) is 11.6 Å². The van der Waals surface area contributed by atoms with E-state index in [1.807, 2.05) is 0 Å². The van der Waals surface area contributed by atoms with Crippen LogP contribution in [0.3, 0.4) is 0 Å². The molecule has 0 rings (SSSR count). The molecule has 2 N–H and O–H groups in total. The number of allylic oxidation sites excluding steroid dienone is 1. The summed E-state index contributed by atoms with van der Waals surface area (Å²) >= 11 is 5.48. The zero-order valence-corrected chi connectivity index (χ0v) is 6.30. The lowest BCUT2D eigenvalue weighted by Crippen LogP contribution is -2.00. The molecule has 0 fully saturated rings. The fourth-order valence-electron chi connectivity index (χ4n) is 0.361. The van der Waals surface area contributed by atoms with Crippen LogP contribution >= 0.6 is 11.6 Å². The van der Waals surface area contributed by atoms with Gasteiger partial charge in [-0.25, -0.2) is 4.79 Å². The minimum atomic E-state index is -1.32. The van der Waals surface area contributed by atoms with Crippen LogP contribution in [-0.2, 0) is 4.79 Å². The molecule has 1 atom stereocenters.